The lowest BCUT2D eigenvalue weighted by atomic mass is 10.1. The quantitative estimate of drug-likeness (QED) is 0.688. The van der Waals surface area contributed by atoms with E-state index in [1.165, 1.54) is 0 Å². The molecule has 4 rings (SSSR count). The number of carbonyl (C=O) groups excluding carboxylic acids is 1. The van der Waals surface area contributed by atoms with Crippen LogP contribution in [0.2, 0.25) is 0 Å². The van der Waals surface area contributed by atoms with Crippen LogP contribution in [0, 0.1) is 0 Å². The number of benzene rings is 2. The molecule has 0 aliphatic carbocycles. The van der Waals surface area contributed by atoms with E-state index in [9.17, 15) is 4.79 Å². The SMILES string of the molecule is COc1cccc(-c2ccc(NC(=O)[C@@H]3CCCN3Cc3cnc[nH]3)cc2)c1. The number of H-pyrrole nitrogens is 1. The van der Waals surface area contributed by atoms with Gasteiger partial charge in [0.1, 0.15) is 5.75 Å². The van der Waals surface area contributed by atoms with Gasteiger partial charge in [-0.2, -0.15) is 0 Å². The van der Waals surface area contributed by atoms with Gasteiger partial charge in [0.05, 0.1) is 19.5 Å². The number of amides is 1. The molecule has 2 aromatic carbocycles. The lowest BCUT2D eigenvalue weighted by molar-refractivity contribution is -0.120. The van der Waals surface area contributed by atoms with Crippen LogP contribution in [0.3, 0.4) is 0 Å². The van der Waals surface area contributed by atoms with Gasteiger partial charge < -0.3 is 15.0 Å². The van der Waals surface area contributed by atoms with Crippen LogP contribution in [0.4, 0.5) is 5.69 Å². The topological polar surface area (TPSA) is 70.2 Å². The predicted octanol–water partition coefficient (Wildman–Crippen LogP) is 3.69. The van der Waals surface area contributed by atoms with Crippen molar-refractivity contribution in [2.75, 3.05) is 19.0 Å². The van der Waals surface area contributed by atoms with Crippen molar-refractivity contribution in [3.8, 4) is 16.9 Å². The molecular formula is C22H24N4O2. The lowest BCUT2D eigenvalue weighted by Crippen LogP contribution is -2.39. The Balaban J connectivity index is 1.41. The largest absolute Gasteiger partial charge is 0.497 e. The number of hydrogen-bond donors (Lipinski definition) is 2. The van der Waals surface area contributed by atoms with Gasteiger partial charge in [-0.05, 0) is 54.8 Å². The van der Waals surface area contributed by atoms with Gasteiger partial charge in [0, 0.05) is 24.1 Å². The molecule has 1 aliphatic rings. The third kappa shape index (κ3) is 4.07. The molecule has 6 heteroatoms. The average Bonchev–Trinajstić information content (AvgIpc) is 3.41. The highest BCUT2D eigenvalue weighted by atomic mass is 16.5. The number of ether oxygens (including phenoxy) is 1. The first-order chi connectivity index (χ1) is 13.7. The van der Waals surface area contributed by atoms with Crippen LogP contribution in [0.5, 0.6) is 5.75 Å². The number of aromatic nitrogens is 2. The highest BCUT2D eigenvalue weighted by Gasteiger charge is 2.30. The predicted molar refractivity (Wildman–Crippen MR) is 109 cm³/mol. The fourth-order valence-electron chi connectivity index (χ4n) is 3.68. The second-order valence-electron chi connectivity index (χ2n) is 7.00. The maximum absolute atomic E-state index is 12.8. The number of aromatic amines is 1. The fourth-order valence-corrected chi connectivity index (χ4v) is 3.68. The number of likely N-dealkylation sites (tertiary alicyclic amines) is 1. The van der Waals surface area contributed by atoms with E-state index in [1.807, 2.05) is 54.7 Å². The third-order valence-corrected chi connectivity index (χ3v) is 5.15. The van der Waals surface area contributed by atoms with E-state index >= 15 is 0 Å². The molecule has 144 valence electrons. The molecular weight excluding hydrogens is 352 g/mol. The van der Waals surface area contributed by atoms with Gasteiger partial charge in [0.25, 0.3) is 0 Å². The van der Waals surface area contributed by atoms with Crippen molar-refractivity contribution in [3.05, 3.63) is 66.7 Å². The van der Waals surface area contributed by atoms with Crippen LogP contribution in [0.25, 0.3) is 11.1 Å². The molecule has 0 radical (unpaired) electrons. The van der Waals surface area contributed by atoms with Crippen molar-refractivity contribution in [1.29, 1.82) is 0 Å². The molecule has 0 bridgehead atoms. The summed E-state index contributed by atoms with van der Waals surface area (Å²) < 4.78 is 5.29. The maximum atomic E-state index is 12.8. The third-order valence-electron chi connectivity index (χ3n) is 5.15. The van der Waals surface area contributed by atoms with E-state index in [0.29, 0.717) is 6.54 Å². The van der Waals surface area contributed by atoms with Gasteiger partial charge in [0.15, 0.2) is 0 Å². The van der Waals surface area contributed by atoms with Gasteiger partial charge in [0.2, 0.25) is 5.91 Å². The van der Waals surface area contributed by atoms with Crippen LogP contribution in [-0.2, 0) is 11.3 Å². The molecule has 1 aliphatic heterocycles. The summed E-state index contributed by atoms with van der Waals surface area (Å²) in [6.45, 7) is 1.64. The van der Waals surface area contributed by atoms with E-state index < -0.39 is 0 Å². The Morgan fingerprint density at radius 3 is 2.86 bits per heavy atom. The van der Waals surface area contributed by atoms with Gasteiger partial charge in [-0.15, -0.1) is 0 Å². The minimum atomic E-state index is -0.110. The fraction of sp³-hybridized carbons (Fsp3) is 0.273. The second-order valence-corrected chi connectivity index (χ2v) is 7.00. The van der Waals surface area contributed by atoms with E-state index in [-0.39, 0.29) is 11.9 Å². The summed E-state index contributed by atoms with van der Waals surface area (Å²) in [4.78, 5) is 22.2. The molecule has 28 heavy (non-hydrogen) atoms. The Morgan fingerprint density at radius 2 is 2.11 bits per heavy atom. The van der Waals surface area contributed by atoms with Crippen molar-refractivity contribution in [3.63, 3.8) is 0 Å². The summed E-state index contributed by atoms with van der Waals surface area (Å²) in [5.41, 5.74) is 4.00. The molecule has 2 N–H and O–H groups in total. The molecule has 0 spiro atoms. The number of nitrogens with one attached hydrogen (secondary N) is 2. The minimum Gasteiger partial charge on any atom is -0.497 e. The molecule has 0 saturated carbocycles. The van der Waals surface area contributed by atoms with Crippen LogP contribution >= 0.6 is 0 Å². The molecule has 1 saturated heterocycles. The Hall–Kier alpha value is -3.12. The summed E-state index contributed by atoms with van der Waals surface area (Å²) in [5, 5.41) is 3.06. The molecule has 1 aromatic heterocycles. The number of imidazole rings is 1. The number of rotatable bonds is 6. The van der Waals surface area contributed by atoms with Gasteiger partial charge in [-0.1, -0.05) is 24.3 Å². The monoisotopic (exact) mass is 376 g/mol. The highest BCUT2D eigenvalue weighted by Crippen LogP contribution is 2.26. The zero-order valence-corrected chi connectivity index (χ0v) is 15.9. The first-order valence-electron chi connectivity index (χ1n) is 9.49. The summed E-state index contributed by atoms with van der Waals surface area (Å²) >= 11 is 0. The molecule has 1 amide bonds. The summed E-state index contributed by atoms with van der Waals surface area (Å²) in [7, 11) is 1.66. The number of methoxy groups -OCH3 is 1. The second kappa shape index (κ2) is 8.27. The Morgan fingerprint density at radius 1 is 1.25 bits per heavy atom. The number of anilines is 1. The summed E-state index contributed by atoms with van der Waals surface area (Å²) in [6.07, 6.45) is 5.39. The Kier molecular flexibility index (Phi) is 5.39. The number of hydrogen-bond acceptors (Lipinski definition) is 4. The highest BCUT2D eigenvalue weighted by molar-refractivity contribution is 5.95. The summed E-state index contributed by atoms with van der Waals surface area (Å²) in [5.74, 6) is 0.875. The number of carbonyl (C=O) groups is 1. The lowest BCUT2D eigenvalue weighted by Gasteiger charge is -2.23. The van der Waals surface area contributed by atoms with E-state index in [1.54, 1.807) is 13.4 Å². The van der Waals surface area contributed by atoms with Crippen molar-refractivity contribution < 1.29 is 9.53 Å². The maximum Gasteiger partial charge on any atom is 0.241 e. The van der Waals surface area contributed by atoms with Crippen molar-refractivity contribution >= 4 is 11.6 Å². The van der Waals surface area contributed by atoms with Crippen molar-refractivity contribution in [1.82, 2.24) is 14.9 Å². The average molecular weight is 376 g/mol. The molecule has 0 unspecified atom stereocenters. The standard InChI is InChI=1S/C22H24N4O2/c1-28-20-5-2-4-17(12-20)16-7-9-18(10-8-16)25-22(27)21-6-3-11-26(21)14-19-13-23-15-24-19/h2,4-5,7-10,12-13,15,21H,3,6,11,14H2,1H3,(H,23,24)(H,25,27)/t21-/m0/s1. The van der Waals surface area contributed by atoms with Crippen LogP contribution in [0.15, 0.2) is 61.1 Å². The van der Waals surface area contributed by atoms with Crippen LogP contribution in [0.1, 0.15) is 18.5 Å². The van der Waals surface area contributed by atoms with Crippen LogP contribution < -0.4 is 10.1 Å². The summed E-state index contributed by atoms with van der Waals surface area (Å²) in [6, 6.07) is 15.8. The molecule has 2 heterocycles. The van der Waals surface area contributed by atoms with E-state index in [0.717, 1.165) is 47.6 Å². The number of nitrogens with zero attached hydrogens (tertiary/aromatic N) is 2. The smallest absolute Gasteiger partial charge is 0.241 e. The zero-order chi connectivity index (χ0) is 19.3. The van der Waals surface area contributed by atoms with E-state index in [2.05, 4.69) is 20.2 Å². The first-order valence-corrected chi connectivity index (χ1v) is 9.49. The van der Waals surface area contributed by atoms with Gasteiger partial charge in [-0.25, -0.2) is 4.98 Å². The van der Waals surface area contributed by atoms with Gasteiger partial charge in [-0.3, -0.25) is 9.69 Å². The Bertz CT molecular complexity index is 922. The Labute approximate surface area is 164 Å². The van der Waals surface area contributed by atoms with Crippen molar-refractivity contribution in [2.24, 2.45) is 0 Å². The minimum absolute atomic E-state index is 0.0474. The molecule has 3 aromatic rings. The van der Waals surface area contributed by atoms with Crippen LogP contribution in [-0.4, -0.2) is 40.5 Å². The molecule has 1 fully saturated rings. The van der Waals surface area contributed by atoms with Gasteiger partial charge >= 0.3 is 0 Å². The van der Waals surface area contributed by atoms with Crippen molar-refractivity contribution in [2.45, 2.75) is 25.4 Å². The normalized spacial score (nSPS) is 16.8. The van der Waals surface area contributed by atoms with E-state index in [4.69, 9.17) is 4.74 Å². The first kappa shape index (κ1) is 18.3. The molecule has 1 atom stereocenters. The zero-order valence-electron chi connectivity index (χ0n) is 15.9. The molecule has 6 nitrogen and oxygen atoms in total.